The van der Waals surface area contributed by atoms with Crippen LogP contribution in [0.15, 0.2) is 15.0 Å². The number of nitrogens with zero attached hydrogens (tertiary/aromatic N) is 3. The zero-order chi connectivity index (χ0) is 15.8. The van der Waals surface area contributed by atoms with Gasteiger partial charge in [-0.15, -0.1) is 0 Å². The normalized spacial score (nSPS) is 31.9. The summed E-state index contributed by atoms with van der Waals surface area (Å²) < 4.78 is 0. The minimum atomic E-state index is 0.0221. The van der Waals surface area contributed by atoms with Crippen LogP contribution in [0.2, 0.25) is 0 Å². The number of carbonyl (C=O) groups excluding carboxylic acids is 3. The first-order valence-electron chi connectivity index (χ1n) is 7.86. The molecule has 0 aromatic carbocycles. The van der Waals surface area contributed by atoms with Crippen LogP contribution in [0.1, 0.15) is 38.5 Å². The average molecular weight is 303 g/mol. The largest absolute Gasteiger partial charge is 0.234 e. The summed E-state index contributed by atoms with van der Waals surface area (Å²) in [4.78, 5) is 42.1. The molecule has 2 bridgehead atoms. The Kier molecular flexibility index (Phi) is 5.97. The molecule has 6 heteroatoms. The number of fused-ring (bicyclic) bond motifs is 2. The maximum absolute atomic E-state index is 10.6. The second kappa shape index (κ2) is 7.95. The van der Waals surface area contributed by atoms with E-state index in [2.05, 4.69) is 15.0 Å². The van der Waals surface area contributed by atoms with Crippen molar-refractivity contribution in [3.8, 4) is 0 Å². The molecule has 0 heterocycles. The van der Waals surface area contributed by atoms with E-state index in [0.717, 1.165) is 25.7 Å². The van der Waals surface area contributed by atoms with Gasteiger partial charge < -0.3 is 0 Å². The van der Waals surface area contributed by atoms with Crippen molar-refractivity contribution in [2.24, 2.45) is 38.1 Å². The van der Waals surface area contributed by atoms with Crippen molar-refractivity contribution in [1.82, 2.24) is 0 Å². The van der Waals surface area contributed by atoms with E-state index in [4.69, 9.17) is 0 Å². The fraction of sp³-hybridized carbons (Fsp3) is 0.812. The highest BCUT2D eigenvalue weighted by molar-refractivity contribution is 5.33. The highest BCUT2D eigenvalue weighted by Crippen LogP contribution is 2.61. The van der Waals surface area contributed by atoms with Gasteiger partial charge in [-0.05, 0) is 61.7 Å². The number of aliphatic imine (C=N–C) groups is 3. The summed E-state index contributed by atoms with van der Waals surface area (Å²) in [5, 5.41) is 0. The van der Waals surface area contributed by atoms with E-state index in [1.165, 1.54) is 12.8 Å². The van der Waals surface area contributed by atoms with E-state index >= 15 is 0 Å². The van der Waals surface area contributed by atoms with Crippen LogP contribution in [0, 0.1) is 23.2 Å². The summed E-state index contributed by atoms with van der Waals surface area (Å²) >= 11 is 0. The Balaban J connectivity index is 2.05. The zero-order valence-corrected chi connectivity index (χ0v) is 12.7. The molecule has 0 radical (unpaired) electrons. The van der Waals surface area contributed by atoms with Crippen LogP contribution in [0.4, 0.5) is 0 Å². The van der Waals surface area contributed by atoms with Crippen molar-refractivity contribution in [3.05, 3.63) is 0 Å². The fourth-order valence-corrected chi connectivity index (χ4v) is 4.77. The van der Waals surface area contributed by atoms with Crippen LogP contribution in [-0.2, 0) is 14.4 Å². The molecular formula is C16H21N3O3. The zero-order valence-electron chi connectivity index (χ0n) is 12.7. The third kappa shape index (κ3) is 3.66. The van der Waals surface area contributed by atoms with Crippen LogP contribution in [0.3, 0.4) is 0 Å². The van der Waals surface area contributed by atoms with E-state index in [1.54, 1.807) is 18.2 Å². The van der Waals surface area contributed by atoms with E-state index in [0.29, 0.717) is 37.4 Å². The molecule has 22 heavy (non-hydrogen) atoms. The van der Waals surface area contributed by atoms with Gasteiger partial charge in [-0.1, -0.05) is 0 Å². The molecule has 0 aliphatic heterocycles. The first-order chi connectivity index (χ1) is 10.8. The molecule has 0 aromatic heterocycles. The summed E-state index contributed by atoms with van der Waals surface area (Å²) in [5.41, 5.74) is 0.0221. The molecule has 0 saturated heterocycles. The monoisotopic (exact) mass is 303 g/mol. The van der Waals surface area contributed by atoms with Crippen LogP contribution in [-0.4, -0.2) is 37.9 Å². The van der Waals surface area contributed by atoms with Gasteiger partial charge in [-0.25, -0.2) is 29.4 Å². The Hall–Kier alpha value is -1.86. The summed E-state index contributed by atoms with van der Waals surface area (Å²) in [7, 11) is 0. The lowest BCUT2D eigenvalue weighted by atomic mass is 9.65. The van der Waals surface area contributed by atoms with Gasteiger partial charge >= 0.3 is 0 Å². The Bertz CT molecular complexity index is 531. The highest BCUT2D eigenvalue weighted by atomic mass is 16.1. The minimum Gasteiger partial charge on any atom is -0.211 e. The van der Waals surface area contributed by atoms with Gasteiger partial charge in [0.05, 0.1) is 19.6 Å². The molecule has 6 nitrogen and oxygen atoms in total. The molecule has 2 aliphatic rings. The second-order valence-electron chi connectivity index (χ2n) is 6.52. The summed E-state index contributed by atoms with van der Waals surface area (Å²) in [6.45, 7) is 1.52. The third-order valence-corrected chi connectivity index (χ3v) is 5.42. The molecule has 2 aliphatic carbocycles. The smallest absolute Gasteiger partial charge is 0.211 e. The lowest BCUT2D eigenvalue weighted by Crippen LogP contribution is -2.36. The van der Waals surface area contributed by atoms with Gasteiger partial charge in [-0.3, -0.25) is 0 Å². The molecule has 0 spiro atoms. The van der Waals surface area contributed by atoms with Gasteiger partial charge in [0, 0.05) is 0 Å². The average Bonchev–Trinajstić information content (AvgIpc) is 3.08. The lowest BCUT2D eigenvalue weighted by molar-refractivity contribution is 0.101. The van der Waals surface area contributed by atoms with Crippen molar-refractivity contribution >= 4 is 18.2 Å². The van der Waals surface area contributed by atoms with Crippen LogP contribution < -0.4 is 0 Å². The highest BCUT2D eigenvalue weighted by Gasteiger charge is 2.54. The predicted molar refractivity (Wildman–Crippen MR) is 79.6 cm³/mol. The molecule has 0 aromatic rings. The minimum absolute atomic E-state index is 0.0221. The van der Waals surface area contributed by atoms with Crippen molar-refractivity contribution in [2.45, 2.75) is 38.5 Å². The first kappa shape index (κ1) is 16.5. The number of hydrogen-bond acceptors (Lipinski definition) is 6. The third-order valence-electron chi connectivity index (χ3n) is 5.42. The van der Waals surface area contributed by atoms with Gasteiger partial charge in [0.15, 0.2) is 0 Å². The van der Waals surface area contributed by atoms with Crippen LogP contribution >= 0.6 is 0 Å². The summed E-state index contributed by atoms with van der Waals surface area (Å²) in [6.07, 6.45) is 10.9. The number of isocyanates is 3. The quantitative estimate of drug-likeness (QED) is 0.371. The van der Waals surface area contributed by atoms with Crippen molar-refractivity contribution < 1.29 is 14.4 Å². The topological polar surface area (TPSA) is 88.3 Å². The van der Waals surface area contributed by atoms with Crippen LogP contribution in [0.25, 0.3) is 0 Å². The molecular weight excluding hydrogens is 282 g/mol. The molecule has 2 rings (SSSR count). The van der Waals surface area contributed by atoms with E-state index in [9.17, 15) is 14.4 Å². The summed E-state index contributed by atoms with van der Waals surface area (Å²) in [5.74, 6) is 1.72. The van der Waals surface area contributed by atoms with Gasteiger partial charge in [0.1, 0.15) is 0 Å². The van der Waals surface area contributed by atoms with Crippen molar-refractivity contribution in [3.63, 3.8) is 0 Å². The van der Waals surface area contributed by atoms with Gasteiger partial charge in [-0.2, -0.15) is 0 Å². The van der Waals surface area contributed by atoms with Crippen molar-refractivity contribution in [2.75, 3.05) is 19.6 Å². The maximum atomic E-state index is 10.6. The predicted octanol–water partition coefficient (Wildman–Crippen LogP) is 2.20. The number of rotatable bonds is 9. The Morgan fingerprint density at radius 2 is 1.68 bits per heavy atom. The van der Waals surface area contributed by atoms with Gasteiger partial charge in [0.25, 0.3) is 0 Å². The molecule has 0 amide bonds. The Morgan fingerprint density at radius 1 is 0.955 bits per heavy atom. The summed E-state index contributed by atoms with van der Waals surface area (Å²) in [6, 6.07) is 0. The molecule has 2 saturated carbocycles. The fourth-order valence-electron chi connectivity index (χ4n) is 4.77. The van der Waals surface area contributed by atoms with E-state index in [-0.39, 0.29) is 5.41 Å². The standard InChI is InChI=1S/C16H21N3O3/c20-10-17-4-1-3-16(9-19-12-22)8-13-6-14(15(16)7-13)2-5-18-11-21/h13-15H,1-9H2. The van der Waals surface area contributed by atoms with Crippen molar-refractivity contribution in [1.29, 1.82) is 0 Å². The first-order valence-corrected chi connectivity index (χ1v) is 7.86. The second-order valence-corrected chi connectivity index (χ2v) is 6.52. The van der Waals surface area contributed by atoms with E-state index < -0.39 is 0 Å². The van der Waals surface area contributed by atoms with E-state index in [1.807, 2.05) is 0 Å². The Labute approximate surface area is 129 Å². The van der Waals surface area contributed by atoms with Crippen LogP contribution in [0.5, 0.6) is 0 Å². The molecule has 118 valence electrons. The molecule has 4 unspecified atom stereocenters. The molecule has 0 N–H and O–H groups in total. The van der Waals surface area contributed by atoms with Gasteiger partial charge in [0.2, 0.25) is 18.2 Å². The number of hydrogen-bond donors (Lipinski definition) is 0. The maximum Gasteiger partial charge on any atom is 0.234 e. The Morgan fingerprint density at radius 3 is 2.36 bits per heavy atom. The lowest BCUT2D eigenvalue weighted by Gasteiger charge is -2.40. The molecule has 4 atom stereocenters. The molecule has 2 fully saturated rings. The SMILES string of the molecule is O=C=NCCCC1(CN=C=O)CC2CC(CCN=C=O)C1C2.